The van der Waals surface area contributed by atoms with Gasteiger partial charge in [-0.15, -0.1) is 11.3 Å². The third kappa shape index (κ3) is 3.52. The van der Waals surface area contributed by atoms with E-state index in [0.29, 0.717) is 32.6 Å². The van der Waals surface area contributed by atoms with Crippen LogP contribution >= 0.6 is 22.9 Å². The second kappa shape index (κ2) is 7.73. The van der Waals surface area contributed by atoms with Gasteiger partial charge in [-0.2, -0.15) is 0 Å². The summed E-state index contributed by atoms with van der Waals surface area (Å²) < 4.78 is 5.37. The first kappa shape index (κ1) is 19.2. The average molecular weight is 425 g/mol. The fourth-order valence-corrected chi connectivity index (χ4v) is 4.15. The van der Waals surface area contributed by atoms with Crippen LogP contribution in [0.2, 0.25) is 5.02 Å². The summed E-state index contributed by atoms with van der Waals surface area (Å²) in [5.74, 6) is -0.278. The molecule has 0 bridgehead atoms. The molecule has 2 amide bonds. The average Bonchev–Trinajstić information content (AvgIpc) is 3.29. The molecule has 1 aliphatic heterocycles. The van der Waals surface area contributed by atoms with Crippen LogP contribution in [0.5, 0.6) is 5.75 Å². The Bertz CT molecular complexity index is 1140. The van der Waals surface area contributed by atoms with Crippen molar-refractivity contribution in [3.8, 4) is 5.75 Å². The first-order valence-corrected chi connectivity index (χ1v) is 10.1. The summed E-state index contributed by atoms with van der Waals surface area (Å²) in [5.41, 5.74) is 2.52. The van der Waals surface area contributed by atoms with E-state index in [0.717, 1.165) is 5.56 Å². The lowest BCUT2D eigenvalue weighted by molar-refractivity contribution is -0.120. The fraction of sp³-hybridized carbons (Fsp3) is 0.0909. The number of hydrogen-bond acceptors (Lipinski definition) is 5. The Morgan fingerprint density at radius 3 is 2.55 bits per heavy atom. The number of carbonyl (C=O) groups is 2. The number of nitrogens with zero attached hydrogens (tertiary/aromatic N) is 1. The molecular weight excluding hydrogens is 408 g/mol. The summed E-state index contributed by atoms with van der Waals surface area (Å²) in [6.45, 7) is 1.91. The molecule has 1 aliphatic rings. The zero-order chi connectivity index (χ0) is 20.5. The minimum Gasteiger partial charge on any atom is -0.495 e. The Kier molecular flexibility index (Phi) is 5.13. The maximum atomic E-state index is 13.3. The van der Waals surface area contributed by atoms with E-state index in [1.807, 2.05) is 42.6 Å². The Morgan fingerprint density at radius 1 is 1.03 bits per heavy atom. The lowest BCUT2D eigenvalue weighted by Gasteiger charge is -2.16. The maximum Gasteiger partial charge on any atom is 0.282 e. The van der Waals surface area contributed by atoms with E-state index in [9.17, 15) is 9.59 Å². The molecule has 0 atom stereocenters. The standard InChI is InChI=1S/C22H17ClN2O3S/c1-13-5-3-6-15(11-13)25-21(26)19(18-7-4-10-29-18)20(22(25)27)24-16-12-14(23)8-9-17(16)28-2/h3-12,24H,1-2H3. The zero-order valence-electron chi connectivity index (χ0n) is 15.7. The summed E-state index contributed by atoms with van der Waals surface area (Å²) in [4.78, 5) is 28.5. The van der Waals surface area contributed by atoms with E-state index in [2.05, 4.69) is 5.32 Å². The number of methoxy groups -OCH3 is 1. The number of aryl methyl sites for hydroxylation is 1. The van der Waals surface area contributed by atoms with Crippen LogP contribution in [0.4, 0.5) is 11.4 Å². The molecule has 0 spiro atoms. The number of benzene rings is 2. The van der Waals surface area contributed by atoms with Crippen LogP contribution in [0.1, 0.15) is 10.4 Å². The number of halogens is 1. The predicted molar refractivity (Wildman–Crippen MR) is 117 cm³/mol. The van der Waals surface area contributed by atoms with Crippen LogP contribution < -0.4 is 15.0 Å². The van der Waals surface area contributed by atoms with E-state index in [1.54, 1.807) is 24.3 Å². The van der Waals surface area contributed by atoms with Crippen molar-refractivity contribution < 1.29 is 14.3 Å². The number of amides is 2. The number of rotatable bonds is 5. The largest absolute Gasteiger partial charge is 0.495 e. The second-order valence-electron chi connectivity index (χ2n) is 6.48. The quantitative estimate of drug-likeness (QED) is 0.578. The number of nitrogens with one attached hydrogen (secondary N) is 1. The number of thiophene rings is 1. The van der Waals surface area contributed by atoms with Crippen molar-refractivity contribution in [2.45, 2.75) is 6.92 Å². The predicted octanol–water partition coefficient (Wildman–Crippen LogP) is 5.12. The molecule has 0 saturated heterocycles. The van der Waals surface area contributed by atoms with Crippen LogP contribution in [-0.2, 0) is 9.59 Å². The number of anilines is 2. The maximum absolute atomic E-state index is 13.3. The van der Waals surface area contributed by atoms with Gasteiger partial charge in [0.25, 0.3) is 11.8 Å². The molecule has 0 unspecified atom stereocenters. The number of hydrogen-bond donors (Lipinski definition) is 1. The molecule has 0 radical (unpaired) electrons. The number of imide groups is 1. The molecular formula is C22H17ClN2O3S. The van der Waals surface area contributed by atoms with Gasteiger partial charge >= 0.3 is 0 Å². The van der Waals surface area contributed by atoms with Crippen molar-refractivity contribution in [3.63, 3.8) is 0 Å². The Morgan fingerprint density at radius 2 is 1.86 bits per heavy atom. The van der Waals surface area contributed by atoms with Crippen LogP contribution in [-0.4, -0.2) is 18.9 Å². The Balaban J connectivity index is 1.83. The van der Waals surface area contributed by atoms with Crippen molar-refractivity contribution >= 4 is 51.7 Å². The fourth-order valence-electron chi connectivity index (χ4n) is 3.21. The van der Waals surface area contributed by atoms with E-state index in [1.165, 1.54) is 23.3 Å². The summed E-state index contributed by atoms with van der Waals surface area (Å²) in [6, 6.07) is 16.0. The molecule has 1 aromatic heterocycles. The molecule has 3 aromatic rings. The van der Waals surface area contributed by atoms with E-state index < -0.39 is 5.91 Å². The van der Waals surface area contributed by atoms with Crippen molar-refractivity contribution in [2.75, 3.05) is 17.3 Å². The molecule has 5 nitrogen and oxygen atoms in total. The van der Waals surface area contributed by atoms with Crippen molar-refractivity contribution in [2.24, 2.45) is 0 Å². The minimum atomic E-state index is -0.425. The summed E-state index contributed by atoms with van der Waals surface area (Å²) in [6.07, 6.45) is 0. The number of carbonyl (C=O) groups excluding carboxylic acids is 2. The topological polar surface area (TPSA) is 58.6 Å². The van der Waals surface area contributed by atoms with Gasteiger partial charge < -0.3 is 10.1 Å². The lowest BCUT2D eigenvalue weighted by atomic mass is 10.1. The lowest BCUT2D eigenvalue weighted by Crippen LogP contribution is -2.32. The van der Waals surface area contributed by atoms with E-state index in [-0.39, 0.29) is 11.6 Å². The zero-order valence-corrected chi connectivity index (χ0v) is 17.3. The highest BCUT2D eigenvalue weighted by Gasteiger charge is 2.41. The van der Waals surface area contributed by atoms with Gasteiger partial charge in [-0.3, -0.25) is 9.59 Å². The molecule has 0 aliphatic carbocycles. The monoisotopic (exact) mass is 424 g/mol. The van der Waals surface area contributed by atoms with E-state index in [4.69, 9.17) is 16.3 Å². The summed E-state index contributed by atoms with van der Waals surface area (Å²) in [7, 11) is 1.53. The molecule has 2 heterocycles. The molecule has 29 heavy (non-hydrogen) atoms. The third-order valence-corrected chi connectivity index (χ3v) is 5.65. The van der Waals surface area contributed by atoms with Gasteiger partial charge in [0.15, 0.2) is 0 Å². The first-order chi connectivity index (χ1) is 14.0. The normalized spacial score (nSPS) is 14.0. The van der Waals surface area contributed by atoms with Crippen molar-refractivity contribution in [1.82, 2.24) is 0 Å². The highest BCUT2D eigenvalue weighted by atomic mass is 35.5. The molecule has 0 fully saturated rings. The third-order valence-electron chi connectivity index (χ3n) is 4.53. The second-order valence-corrected chi connectivity index (χ2v) is 7.87. The Hall–Kier alpha value is -3.09. The summed E-state index contributed by atoms with van der Waals surface area (Å²) >= 11 is 7.53. The molecule has 1 N–H and O–H groups in total. The number of ether oxygens (including phenoxy) is 1. The SMILES string of the molecule is COc1ccc(Cl)cc1NC1=C(c2cccs2)C(=O)N(c2cccc(C)c2)C1=O. The van der Waals surface area contributed by atoms with E-state index >= 15 is 0 Å². The molecule has 2 aromatic carbocycles. The van der Waals surface area contributed by atoms with Gasteiger partial charge in [0.05, 0.1) is 24.1 Å². The molecule has 7 heteroatoms. The van der Waals surface area contributed by atoms with Gasteiger partial charge in [-0.1, -0.05) is 29.8 Å². The van der Waals surface area contributed by atoms with Crippen LogP contribution in [0.25, 0.3) is 5.57 Å². The van der Waals surface area contributed by atoms with Crippen LogP contribution in [0, 0.1) is 6.92 Å². The van der Waals surface area contributed by atoms with Crippen molar-refractivity contribution in [1.29, 1.82) is 0 Å². The molecule has 0 saturated carbocycles. The molecule has 4 rings (SSSR count). The van der Waals surface area contributed by atoms with Crippen molar-refractivity contribution in [3.05, 3.63) is 81.1 Å². The summed E-state index contributed by atoms with van der Waals surface area (Å²) in [5, 5.41) is 5.45. The highest BCUT2D eigenvalue weighted by molar-refractivity contribution is 7.11. The highest BCUT2D eigenvalue weighted by Crippen LogP contribution is 2.37. The van der Waals surface area contributed by atoms with Gasteiger partial charge in [-0.25, -0.2) is 4.90 Å². The first-order valence-electron chi connectivity index (χ1n) is 8.83. The minimum absolute atomic E-state index is 0.194. The smallest absolute Gasteiger partial charge is 0.282 e. The molecule has 146 valence electrons. The van der Waals surface area contributed by atoms with Gasteiger partial charge in [0.1, 0.15) is 11.4 Å². The Labute approximate surface area is 177 Å². The van der Waals surface area contributed by atoms with Crippen LogP contribution in [0.3, 0.4) is 0 Å². The van der Waals surface area contributed by atoms with Crippen LogP contribution in [0.15, 0.2) is 65.7 Å². The van der Waals surface area contributed by atoms with Gasteiger partial charge in [0.2, 0.25) is 0 Å². The van der Waals surface area contributed by atoms with Gasteiger partial charge in [-0.05, 0) is 54.3 Å². The van der Waals surface area contributed by atoms with Gasteiger partial charge in [0, 0.05) is 9.90 Å².